The smallest absolute Gasteiger partial charge is 0.306 e. The molecule has 0 aromatic carbocycles. The van der Waals surface area contributed by atoms with E-state index in [0.717, 1.165) is 103 Å². The zero-order chi connectivity index (χ0) is 47.2. The SMILES string of the molecule is CC/C=C\C/C=C\C/C=C\C/C=C\C/C=C\CCCCCCCCCCCCCC(=O)OCC(COC(=O)CCCCCCCCC)OC(=O)CCCCCCC/C=C\CCCCCC. The number of unbranched alkanes of at least 4 members (excludes halogenated alkanes) is 26. The van der Waals surface area contributed by atoms with Gasteiger partial charge in [0.2, 0.25) is 0 Å². The molecule has 6 heteroatoms. The molecule has 0 fully saturated rings. The Morgan fingerprint density at radius 2 is 0.600 bits per heavy atom. The highest BCUT2D eigenvalue weighted by Crippen LogP contribution is 2.15. The van der Waals surface area contributed by atoms with E-state index in [4.69, 9.17) is 14.2 Å². The number of esters is 3. The highest BCUT2D eigenvalue weighted by atomic mass is 16.6. The van der Waals surface area contributed by atoms with Gasteiger partial charge in [-0.1, -0.05) is 229 Å². The Balaban J connectivity index is 4.13. The summed E-state index contributed by atoms with van der Waals surface area (Å²) in [6, 6.07) is 0. The monoisotopic (exact) mass is 907 g/mol. The minimum atomic E-state index is -0.776. The number of ether oxygens (including phenoxy) is 3. The van der Waals surface area contributed by atoms with Crippen LogP contribution in [-0.4, -0.2) is 37.2 Å². The summed E-state index contributed by atoms with van der Waals surface area (Å²) in [5, 5.41) is 0. The molecule has 0 aromatic heterocycles. The van der Waals surface area contributed by atoms with Gasteiger partial charge in [-0.2, -0.15) is 0 Å². The molecule has 0 saturated heterocycles. The summed E-state index contributed by atoms with van der Waals surface area (Å²) in [5.74, 6) is -0.893. The predicted octanol–water partition coefficient (Wildman–Crippen LogP) is 18.2. The van der Waals surface area contributed by atoms with Crippen molar-refractivity contribution in [1.29, 1.82) is 0 Å². The zero-order valence-electron chi connectivity index (χ0n) is 42.7. The van der Waals surface area contributed by atoms with Gasteiger partial charge in [-0.25, -0.2) is 0 Å². The molecule has 374 valence electrons. The van der Waals surface area contributed by atoms with Crippen LogP contribution in [0.5, 0.6) is 0 Å². The topological polar surface area (TPSA) is 78.9 Å². The van der Waals surface area contributed by atoms with Crippen molar-refractivity contribution in [3.8, 4) is 0 Å². The lowest BCUT2D eigenvalue weighted by Crippen LogP contribution is -2.30. The Labute approximate surface area is 402 Å². The maximum absolute atomic E-state index is 12.7. The molecule has 1 unspecified atom stereocenters. The fraction of sp³-hybridized carbons (Fsp3) is 0.746. The Bertz CT molecular complexity index is 1230. The van der Waals surface area contributed by atoms with Crippen LogP contribution in [0.1, 0.15) is 265 Å². The number of hydrogen-bond donors (Lipinski definition) is 0. The highest BCUT2D eigenvalue weighted by molar-refractivity contribution is 5.71. The first kappa shape index (κ1) is 61.9. The number of carbonyl (C=O) groups excluding carboxylic acids is 3. The van der Waals surface area contributed by atoms with E-state index in [2.05, 4.69) is 93.7 Å². The van der Waals surface area contributed by atoms with E-state index < -0.39 is 6.10 Å². The minimum absolute atomic E-state index is 0.0778. The van der Waals surface area contributed by atoms with Gasteiger partial charge in [-0.3, -0.25) is 14.4 Å². The first-order valence-electron chi connectivity index (χ1n) is 27.4. The summed E-state index contributed by atoms with van der Waals surface area (Å²) in [4.78, 5) is 37.8. The van der Waals surface area contributed by atoms with Crippen molar-refractivity contribution >= 4 is 17.9 Å². The first-order chi connectivity index (χ1) is 32.0. The van der Waals surface area contributed by atoms with Gasteiger partial charge in [-0.15, -0.1) is 0 Å². The third-order valence-corrected chi connectivity index (χ3v) is 11.7. The van der Waals surface area contributed by atoms with Gasteiger partial charge < -0.3 is 14.2 Å². The third-order valence-electron chi connectivity index (χ3n) is 11.7. The van der Waals surface area contributed by atoms with Gasteiger partial charge in [0.05, 0.1) is 0 Å². The van der Waals surface area contributed by atoms with Crippen molar-refractivity contribution < 1.29 is 28.6 Å². The van der Waals surface area contributed by atoms with Crippen molar-refractivity contribution in [3.63, 3.8) is 0 Å². The molecule has 0 aliphatic heterocycles. The van der Waals surface area contributed by atoms with Crippen LogP contribution in [-0.2, 0) is 28.6 Å². The molecule has 0 N–H and O–H groups in total. The van der Waals surface area contributed by atoms with Gasteiger partial charge in [0.25, 0.3) is 0 Å². The Hall–Kier alpha value is -3.15. The molecule has 6 nitrogen and oxygen atoms in total. The fourth-order valence-electron chi connectivity index (χ4n) is 7.58. The van der Waals surface area contributed by atoms with Crippen LogP contribution in [0.3, 0.4) is 0 Å². The molecule has 0 bridgehead atoms. The van der Waals surface area contributed by atoms with Crippen LogP contribution in [0.15, 0.2) is 72.9 Å². The lowest BCUT2D eigenvalue weighted by molar-refractivity contribution is -0.167. The van der Waals surface area contributed by atoms with Crippen molar-refractivity contribution in [3.05, 3.63) is 72.9 Å². The van der Waals surface area contributed by atoms with E-state index in [1.807, 2.05) is 0 Å². The number of hydrogen-bond acceptors (Lipinski definition) is 6. The first-order valence-corrected chi connectivity index (χ1v) is 27.4. The molecule has 0 spiro atoms. The molecule has 0 saturated carbocycles. The van der Waals surface area contributed by atoms with E-state index in [-0.39, 0.29) is 31.1 Å². The normalized spacial score (nSPS) is 12.6. The van der Waals surface area contributed by atoms with Crippen LogP contribution in [0, 0.1) is 0 Å². The quantitative estimate of drug-likeness (QED) is 0.0262. The van der Waals surface area contributed by atoms with Crippen molar-refractivity contribution in [2.45, 2.75) is 271 Å². The second-order valence-corrected chi connectivity index (χ2v) is 18.1. The summed E-state index contributed by atoms with van der Waals surface area (Å²) in [7, 11) is 0. The predicted molar refractivity (Wildman–Crippen MR) is 279 cm³/mol. The molecular formula is C59H102O6. The van der Waals surface area contributed by atoms with Crippen LogP contribution in [0.2, 0.25) is 0 Å². The minimum Gasteiger partial charge on any atom is -0.462 e. The van der Waals surface area contributed by atoms with Crippen LogP contribution < -0.4 is 0 Å². The van der Waals surface area contributed by atoms with E-state index in [1.165, 1.54) is 122 Å². The number of allylic oxidation sites excluding steroid dienone is 12. The summed E-state index contributed by atoms with van der Waals surface area (Å²) in [5.41, 5.74) is 0. The van der Waals surface area contributed by atoms with Gasteiger partial charge >= 0.3 is 17.9 Å². The molecule has 1 atom stereocenters. The fourth-order valence-corrected chi connectivity index (χ4v) is 7.58. The second-order valence-electron chi connectivity index (χ2n) is 18.1. The highest BCUT2D eigenvalue weighted by Gasteiger charge is 2.19. The van der Waals surface area contributed by atoms with E-state index >= 15 is 0 Å². The third kappa shape index (κ3) is 51.7. The maximum Gasteiger partial charge on any atom is 0.306 e. The summed E-state index contributed by atoms with van der Waals surface area (Å²) >= 11 is 0. The van der Waals surface area contributed by atoms with Crippen LogP contribution in [0.4, 0.5) is 0 Å². The van der Waals surface area contributed by atoms with Gasteiger partial charge in [-0.05, 0) is 89.9 Å². The van der Waals surface area contributed by atoms with Crippen molar-refractivity contribution in [2.24, 2.45) is 0 Å². The number of carbonyl (C=O) groups is 3. The molecule has 0 radical (unpaired) electrons. The Kier molecular flexibility index (Phi) is 50.9. The molecule has 0 aromatic rings. The average Bonchev–Trinajstić information content (AvgIpc) is 3.30. The standard InChI is InChI=1S/C59H102O6/c1-4-7-10-13-16-18-20-22-23-24-25-26-27-28-29-30-31-32-33-34-35-37-38-40-43-46-49-52-58(61)64-55-56(54-63-57(60)51-48-45-42-15-12-9-6-3)65-59(62)53-50-47-44-41-39-36-21-19-17-14-11-8-5-2/h7,10,16,18-19,21-23,25-26,28-29,56H,4-6,8-9,11-15,17,20,24,27,30-55H2,1-3H3/b10-7-,18-16-,21-19-,23-22-,26-25-,29-28-. The lowest BCUT2D eigenvalue weighted by Gasteiger charge is -2.18. The molecular weight excluding hydrogens is 805 g/mol. The van der Waals surface area contributed by atoms with Crippen LogP contribution >= 0.6 is 0 Å². The van der Waals surface area contributed by atoms with E-state index in [9.17, 15) is 14.4 Å². The Morgan fingerprint density at radius 1 is 0.323 bits per heavy atom. The summed E-state index contributed by atoms with van der Waals surface area (Å²) < 4.78 is 16.7. The van der Waals surface area contributed by atoms with Gasteiger partial charge in [0.1, 0.15) is 13.2 Å². The number of rotatable bonds is 49. The average molecular weight is 907 g/mol. The van der Waals surface area contributed by atoms with Crippen molar-refractivity contribution in [1.82, 2.24) is 0 Å². The molecule has 0 amide bonds. The zero-order valence-corrected chi connectivity index (χ0v) is 42.7. The summed E-state index contributed by atoms with van der Waals surface area (Å²) in [6.45, 7) is 6.46. The molecule has 0 rings (SSSR count). The molecule has 65 heavy (non-hydrogen) atoms. The summed E-state index contributed by atoms with van der Waals surface area (Å²) in [6.07, 6.45) is 67.7. The van der Waals surface area contributed by atoms with Gasteiger partial charge in [0, 0.05) is 19.3 Å². The molecule has 0 aliphatic carbocycles. The Morgan fingerprint density at radius 3 is 0.969 bits per heavy atom. The van der Waals surface area contributed by atoms with E-state index in [1.54, 1.807) is 0 Å². The maximum atomic E-state index is 12.7. The molecule has 0 heterocycles. The van der Waals surface area contributed by atoms with Crippen molar-refractivity contribution in [2.75, 3.05) is 13.2 Å². The second kappa shape index (κ2) is 53.5. The molecule has 0 aliphatic rings. The van der Waals surface area contributed by atoms with Crippen LogP contribution in [0.25, 0.3) is 0 Å². The van der Waals surface area contributed by atoms with E-state index in [0.29, 0.717) is 19.3 Å². The largest absolute Gasteiger partial charge is 0.462 e. The van der Waals surface area contributed by atoms with Gasteiger partial charge in [0.15, 0.2) is 6.10 Å². The lowest BCUT2D eigenvalue weighted by atomic mass is 10.0.